The Balaban J connectivity index is 2.51. The molecule has 1 N–H and O–H groups in total. The Hall–Kier alpha value is -1.09. The lowest BCUT2D eigenvalue weighted by molar-refractivity contribution is 0.242. The Morgan fingerprint density at radius 1 is 1.26 bits per heavy atom. The third-order valence-corrected chi connectivity index (χ3v) is 3.17. The van der Waals surface area contributed by atoms with Gasteiger partial charge in [-0.25, -0.2) is 4.98 Å². The number of nitrogens with zero attached hydrogens (tertiary/aromatic N) is 1. The molecule has 108 valence electrons. The normalized spacial score (nSPS) is 12.7. The van der Waals surface area contributed by atoms with Crippen molar-refractivity contribution < 1.29 is 4.74 Å². The number of ether oxygens (including phenoxy) is 1. The van der Waals surface area contributed by atoms with Crippen LogP contribution in [0.15, 0.2) is 12.1 Å². The fourth-order valence-corrected chi connectivity index (χ4v) is 1.95. The maximum Gasteiger partial charge on any atom is 0.213 e. The van der Waals surface area contributed by atoms with E-state index in [9.17, 15) is 0 Å². The molecule has 3 heteroatoms. The van der Waals surface area contributed by atoms with Crippen molar-refractivity contribution in [3.05, 3.63) is 23.4 Å². The number of aromatic nitrogens is 1. The Bertz CT molecular complexity index is 377. The van der Waals surface area contributed by atoms with Crippen LogP contribution in [0.4, 0.5) is 0 Å². The first-order chi connectivity index (χ1) is 9.02. The quantitative estimate of drug-likeness (QED) is 0.777. The highest BCUT2D eigenvalue weighted by atomic mass is 16.5. The highest BCUT2D eigenvalue weighted by molar-refractivity contribution is 5.24. The molecule has 0 radical (unpaired) electrons. The van der Waals surface area contributed by atoms with E-state index < -0.39 is 0 Å². The summed E-state index contributed by atoms with van der Waals surface area (Å²) in [5.74, 6) is 1.34. The van der Waals surface area contributed by atoms with Gasteiger partial charge in [0.05, 0.1) is 6.61 Å². The van der Waals surface area contributed by atoms with E-state index in [4.69, 9.17) is 4.74 Å². The summed E-state index contributed by atoms with van der Waals surface area (Å²) < 4.78 is 5.75. The highest BCUT2D eigenvalue weighted by Gasteiger charge is 2.06. The van der Waals surface area contributed by atoms with Crippen LogP contribution in [0.3, 0.4) is 0 Å². The molecule has 0 saturated carbocycles. The second-order valence-corrected chi connectivity index (χ2v) is 5.63. The van der Waals surface area contributed by atoms with Crippen molar-refractivity contribution in [2.24, 2.45) is 5.92 Å². The van der Waals surface area contributed by atoms with Crippen LogP contribution in [0, 0.1) is 12.8 Å². The van der Waals surface area contributed by atoms with E-state index in [0.29, 0.717) is 12.0 Å². The van der Waals surface area contributed by atoms with E-state index in [1.165, 1.54) is 18.4 Å². The number of rotatable bonds is 8. The minimum atomic E-state index is 0.491. The molecule has 0 amide bonds. The molecule has 1 aromatic rings. The van der Waals surface area contributed by atoms with Crippen molar-refractivity contribution in [3.63, 3.8) is 0 Å². The van der Waals surface area contributed by atoms with Gasteiger partial charge in [0.2, 0.25) is 5.88 Å². The van der Waals surface area contributed by atoms with Gasteiger partial charge in [-0.3, -0.25) is 0 Å². The highest BCUT2D eigenvalue weighted by Crippen LogP contribution is 2.14. The smallest absolute Gasteiger partial charge is 0.213 e. The summed E-state index contributed by atoms with van der Waals surface area (Å²) in [5, 5.41) is 3.41. The maximum absolute atomic E-state index is 5.75. The largest absolute Gasteiger partial charge is 0.477 e. The van der Waals surface area contributed by atoms with Crippen molar-refractivity contribution >= 4 is 0 Å². The minimum Gasteiger partial charge on any atom is -0.477 e. The van der Waals surface area contributed by atoms with Gasteiger partial charge >= 0.3 is 0 Å². The fraction of sp³-hybridized carbons (Fsp3) is 0.688. The Morgan fingerprint density at radius 3 is 2.58 bits per heavy atom. The molecule has 0 aliphatic rings. The molecule has 1 atom stereocenters. The van der Waals surface area contributed by atoms with Crippen LogP contribution < -0.4 is 10.1 Å². The second kappa shape index (κ2) is 8.16. The van der Waals surface area contributed by atoms with Crippen LogP contribution in [-0.2, 0) is 6.54 Å². The number of pyridine rings is 1. The molecule has 0 aliphatic carbocycles. The zero-order chi connectivity index (χ0) is 14.3. The number of aryl methyl sites for hydroxylation is 1. The van der Waals surface area contributed by atoms with Gasteiger partial charge in [-0.05, 0) is 24.8 Å². The summed E-state index contributed by atoms with van der Waals surface area (Å²) in [7, 11) is 0. The predicted octanol–water partition coefficient (Wildman–Crippen LogP) is 3.70. The summed E-state index contributed by atoms with van der Waals surface area (Å²) in [4.78, 5) is 4.52. The van der Waals surface area contributed by atoms with Crippen molar-refractivity contribution in [2.75, 3.05) is 6.61 Å². The number of hydrogen-bond donors (Lipinski definition) is 1. The average molecular weight is 264 g/mol. The standard InChI is InChI=1S/C16H28N2O/c1-6-7-13(4)11-19-16-9-8-15(14(5)18-16)10-17-12(2)3/h8-9,12-13,17H,6-7,10-11H2,1-5H3. The van der Waals surface area contributed by atoms with Crippen LogP contribution in [0.1, 0.15) is 51.8 Å². The van der Waals surface area contributed by atoms with Crippen LogP contribution in [-0.4, -0.2) is 17.6 Å². The Kier molecular flexibility index (Phi) is 6.85. The molecular formula is C16H28N2O. The lowest BCUT2D eigenvalue weighted by Gasteiger charge is -2.14. The van der Waals surface area contributed by atoms with Gasteiger partial charge in [0.25, 0.3) is 0 Å². The Morgan fingerprint density at radius 2 is 2.00 bits per heavy atom. The first kappa shape index (κ1) is 16.0. The maximum atomic E-state index is 5.75. The summed E-state index contributed by atoms with van der Waals surface area (Å²) in [6.07, 6.45) is 2.41. The summed E-state index contributed by atoms with van der Waals surface area (Å²) in [6.45, 7) is 12.4. The fourth-order valence-electron chi connectivity index (χ4n) is 1.95. The van der Waals surface area contributed by atoms with E-state index in [1.807, 2.05) is 13.0 Å². The molecule has 0 spiro atoms. The topological polar surface area (TPSA) is 34.1 Å². The van der Waals surface area contributed by atoms with Crippen molar-refractivity contribution in [1.29, 1.82) is 0 Å². The molecule has 3 nitrogen and oxygen atoms in total. The van der Waals surface area contributed by atoms with Crippen LogP contribution in [0.2, 0.25) is 0 Å². The monoisotopic (exact) mass is 264 g/mol. The second-order valence-electron chi connectivity index (χ2n) is 5.63. The van der Waals surface area contributed by atoms with E-state index >= 15 is 0 Å². The van der Waals surface area contributed by atoms with E-state index in [-0.39, 0.29) is 0 Å². The zero-order valence-electron chi connectivity index (χ0n) is 13.0. The third kappa shape index (κ3) is 6.06. The minimum absolute atomic E-state index is 0.491. The first-order valence-corrected chi connectivity index (χ1v) is 7.35. The number of nitrogens with one attached hydrogen (secondary N) is 1. The molecule has 0 fully saturated rings. The van der Waals surface area contributed by atoms with Crippen molar-refractivity contribution in [2.45, 2.75) is 60.0 Å². The molecule has 0 saturated heterocycles. The molecule has 1 rings (SSSR count). The Labute approximate surface area is 117 Å². The summed E-state index contributed by atoms with van der Waals surface area (Å²) in [5.41, 5.74) is 2.29. The zero-order valence-corrected chi connectivity index (χ0v) is 13.0. The first-order valence-electron chi connectivity index (χ1n) is 7.35. The van der Waals surface area contributed by atoms with E-state index in [0.717, 1.165) is 24.7 Å². The molecular weight excluding hydrogens is 236 g/mol. The summed E-state index contributed by atoms with van der Waals surface area (Å²) >= 11 is 0. The SMILES string of the molecule is CCCC(C)COc1ccc(CNC(C)C)c(C)n1. The van der Waals surface area contributed by atoms with Gasteiger partial charge in [0.15, 0.2) is 0 Å². The molecule has 0 bridgehead atoms. The predicted molar refractivity (Wildman–Crippen MR) is 80.5 cm³/mol. The third-order valence-electron chi connectivity index (χ3n) is 3.17. The molecule has 0 aliphatic heterocycles. The van der Waals surface area contributed by atoms with E-state index in [2.05, 4.69) is 44.1 Å². The van der Waals surface area contributed by atoms with Crippen LogP contribution >= 0.6 is 0 Å². The molecule has 1 unspecified atom stereocenters. The molecule has 19 heavy (non-hydrogen) atoms. The van der Waals surface area contributed by atoms with Gasteiger partial charge in [0, 0.05) is 24.3 Å². The van der Waals surface area contributed by atoms with Crippen LogP contribution in [0.5, 0.6) is 5.88 Å². The van der Waals surface area contributed by atoms with Crippen molar-refractivity contribution in [1.82, 2.24) is 10.3 Å². The molecule has 1 heterocycles. The van der Waals surface area contributed by atoms with Gasteiger partial charge in [-0.2, -0.15) is 0 Å². The summed E-state index contributed by atoms with van der Waals surface area (Å²) in [6, 6.07) is 4.57. The van der Waals surface area contributed by atoms with Gasteiger partial charge in [0.1, 0.15) is 0 Å². The molecule has 1 aromatic heterocycles. The van der Waals surface area contributed by atoms with Gasteiger partial charge < -0.3 is 10.1 Å². The van der Waals surface area contributed by atoms with Crippen molar-refractivity contribution in [3.8, 4) is 5.88 Å². The van der Waals surface area contributed by atoms with Gasteiger partial charge in [-0.1, -0.05) is 40.2 Å². The molecule has 0 aromatic carbocycles. The average Bonchev–Trinajstić information content (AvgIpc) is 2.35. The van der Waals surface area contributed by atoms with Crippen LogP contribution in [0.25, 0.3) is 0 Å². The number of hydrogen-bond acceptors (Lipinski definition) is 3. The van der Waals surface area contributed by atoms with Gasteiger partial charge in [-0.15, -0.1) is 0 Å². The lowest BCUT2D eigenvalue weighted by Crippen LogP contribution is -2.22. The lowest BCUT2D eigenvalue weighted by atomic mass is 10.1. The van der Waals surface area contributed by atoms with E-state index in [1.54, 1.807) is 0 Å².